The average molecular weight is 475 g/mol. The van der Waals surface area contributed by atoms with Gasteiger partial charge in [0, 0.05) is 17.6 Å². The van der Waals surface area contributed by atoms with Crippen LogP contribution in [0.1, 0.15) is 16.2 Å². The summed E-state index contributed by atoms with van der Waals surface area (Å²) in [6, 6.07) is 20.0. The van der Waals surface area contributed by atoms with Gasteiger partial charge in [0.25, 0.3) is 0 Å². The number of ether oxygens (including phenoxy) is 1. The number of benzene rings is 3. The van der Waals surface area contributed by atoms with E-state index >= 15 is 0 Å². The Balaban J connectivity index is 1.41. The van der Waals surface area contributed by atoms with Gasteiger partial charge >= 0.3 is 5.97 Å². The first kappa shape index (κ1) is 23.1. The molecule has 0 fully saturated rings. The Morgan fingerprint density at radius 3 is 2.71 bits per heavy atom. The van der Waals surface area contributed by atoms with E-state index in [4.69, 9.17) is 9.84 Å². The summed E-state index contributed by atoms with van der Waals surface area (Å²) < 4.78 is 7.89. The molecule has 34 heavy (non-hydrogen) atoms. The summed E-state index contributed by atoms with van der Waals surface area (Å²) in [5, 5.41) is 22.9. The van der Waals surface area contributed by atoms with Crippen LogP contribution in [-0.2, 0) is 17.9 Å². The Labute approximate surface area is 200 Å². The largest absolute Gasteiger partial charge is 0.485 e. The van der Waals surface area contributed by atoms with E-state index in [1.165, 1.54) is 23.9 Å². The minimum absolute atomic E-state index is 0.0801. The van der Waals surface area contributed by atoms with Crippen molar-refractivity contribution in [3.63, 3.8) is 0 Å². The Kier molecular flexibility index (Phi) is 7.24. The number of allylic oxidation sites excluding steroid dienone is 1. The zero-order chi connectivity index (χ0) is 23.9. The van der Waals surface area contributed by atoms with Crippen LogP contribution in [-0.4, -0.2) is 37.5 Å². The summed E-state index contributed by atoms with van der Waals surface area (Å²) in [5.41, 5.74) is 0.522. The van der Waals surface area contributed by atoms with Crippen LogP contribution in [0.3, 0.4) is 0 Å². The first-order valence-corrected chi connectivity index (χ1v) is 11.4. The molecule has 0 aliphatic carbocycles. The molecule has 0 aliphatic rings. The molecule has 0 aliphatic heterocycles. The van der Waals surface area contributed by atoms with Crippen LogP contribution in [0, 0.1) is 0 Å². The molecule has 4 aromatic rings. The number of rotatable bonds is 10. The second-order valence-corrected chi connectivity index (χ2v) is 8.23. The highest BCUT2D eigenvalue weighted by Gasteiger charge is 2.15. The molecule has 1 amide bonds. The van der Waals surface area contributed by atoms with Crippen molar-refractivity contribution in [2.24, 2.45) is 0 Å². The van der Waals surface area contributed by atoms with Gasteiger partial charge in [-0.2, -0.15) is 0 Å². The number of aromatic nitrogens is 3. The fourth-order valence-corrected chi connectivity index (χ4v) is 4.13. The van der Waals surface area contributed by atoms with Crippen molar-refractivity contribution in [2.45, 2.75) is 18.3 Å². The average Bonchev–Trinajstić information content (AvgIpc) is 3.23. The molecule has 8 nitrogen and oxygen atoms in total. The number of nitrogens with one attached hydrogen (secondary N) is 1. The van der Waals surface area contributed by atoms with Gasteiger partial charge in [-0.05, 0) is 29.7 Å². The predicted octanol–water partition coefficient (Wildman–Crippen LogP) is 4.63. The van der Waals surface area contributed by atoms with Crippen molar-refractivity contribution >= 4 is 40.1 Å². The highest BCUT2D eigenvalue weighted by atomic mass is 32.2. The quantitative estimate of drug-likeness (QED) is 0.255. The number of carbonyl (C=O) groups excluding carboxylic acids is 1. The summed E-state index contributed by atoms with van der Waals surface area (Å²) in [6.45, 7) is 4.47. The maximum atomic E-state index is 12.4. The molecule has 9 heteroatoms. The van der Waals surface area contributed by atoms with E-state index in [2.05, 4.69) is 22.1 Å². The molecule has 172 valence electrons. The van der Waals surface area contributed by atoms with Gasteiger partial charge in [-0.25, -0.2) is 4.79 Å². The number of nitrogens with zero attached hydrogens (tertiary/aromatic N) is 3. The standard InChI is InChI=1S/C25H22N4O4S/c1-2-13-29-22(15-33-21-12-6-8-17-7-3-4-11-20(17)21)27-28-25(29)34-16-23(30)26-19-10-5-9-18(14-19)24(31)32/h2-12,14H,1,13,15-16H2,(H,26,30)(H,31,32). The maximum absolute atomic E-state index is 12.4. The zero-order valence-corrected chi connectivity index (χ0v) is 19.0. The first-order chi connectivity index (χ1) is 16.5. The molecule has 0 spiro atoms. The van der Waals surface area contributed by atoms with Crippen molar-refractivity contribution in [3.05, 3.63) is 90.8 Å². The molecule has 2 N–H and O–H groups in total. The molecule has 0 atom stereocenters. The number of carbonyl (C=O) groups is 2. The van der Waals surface area contributed by atoms with Crippen LogP contribution in [0.4, 0.5) is 5.69 Å². The number of thioether (sulfide) groups is 1. The third-order valence-corrected chi connectivity index (χ3v) is 5.90. The summed E-state index contributed by atoms with van der Waals surface area (Å²) in [4.78, 5) is 23.5. The van der Waals surface area contributed by atoms with Gasteiger partial charge in [0.05, 0.1) is 11.3 Å². The number of fused-ring (bicyclic) bond motifs is 1. The van der Waals surface area contributed by atoms with Gasteiger partial charge in [0.15, 0.2) is 11.0 Å². The lowest BCUT2D eigenvalue weighted by atomic mass is 10.1. The van der Waals surface area contributed by atoms with Crippen LogP contribution >= 0.6 is 11.8 Å². The number of amides is 1. The third kappa shape index (κ3) is 5.44. The molecule has 0 saturated heterocycles. The van der Waals surface area contributed by atoms with E-state index in [1.807, 2.05) is 47.0 Å². The number of hydrogen-bond acceptors (Lipinski definition) is 6. The second kappa shape index (κ2) is 10.7. The number of anilines is 1. The fourth-order valence-electron chi connectivity index (χ4n) is 3.37. The summed E-state index contributed by atoms with van der Waals surface area (Å²) in [6.07, 6.45) is 1.73. The zero-order valence-electron chi connectivity index (χ0n) is 18.2. The van der Waals surface area contributed by atoms with Crippen molar-refractivity contribution in [2.75, 3.05) is 11.1 Å². The lowest BCUT2D eigenvalue weighted by Gasteiger charge is -2.11. The van der Waals surface area contributed by atoms with Crippen molar-refractivity contribution in [1.82, 2.24) is 14.8 Å². The Morgan fingerprint density at radius 2 is 1.88 bits per heavy atom. The lowest BCUT2D eigenvalue weighted by Crippen LogP contribution is -2.15. The molecule has 1 aromatic heterocycles. The molecule has 1 heterocycles. The van der Waals surface area contributed by atoms with Crippen LogP contribution in [0.25, 0.3) is 10.8 Å². The summed E-state index contributed by atoms with van der Waals surface area (Å²) in [5.74, 6) is 0.111. The fraction of sp³-hybridized carbons (Fsp3) is 0.120. The van der Waals surface area contributed by atoms with E-state index < -0.39 is 5.97 Å². The van der Waals surface area contributed by atoms with Gasteiger partial charge < -0.3 is 15.2 Å². The van der Waals surface area contributed by atoms with Gasteiger partial charge in [-0.1, -0.05) is 60.3 Å². The maximum Gasteiger partial charge on any atom is 0.335 e. The van der Waals surface area contributed by atoms with E-state index in [-0.39, 0.29) is 23.8 Å². The second-order valence-electron chi connectivity index (χ2n) is 7.29. The Bertz CT molecular complexity index is 1350. The molecular formula is C25H22N4O4S. The van der Waals surface area contributed by atoms with Gasteiger partial charge in [-0.3, -0.25) is 9.36 Å². The van der Waals surface area contributed by atoms with Gasteiger partial charge in [-0.15, -0.1) is 16.8 Å². The Hall–Kier alpha value is -4.11. The highest BCUT2D eigenvalue weighted by Crippen LogP contribution is 2.26. The molecular weight excluding hydrogens is 452 g/mol. The highest BCUT2D eigenvalue weighted by molar-refractivity contribution is 7.99. The van der Waals surface area contributed by atoms with Crippen molar-refractivity contribution in [3.8, 4) is 5.75 Å². The van der Waals surface area contributed by atoms with Gasteiger partial charge in [0.1, 0.15) is 12.4 Å². The van der Waals surface area contributed by atoms with E-state index in [0.29, 0.717) is 23.2 Å². The normalized spacial score (nSPS) is 10.7. The smallest absolute Gasteiger partial charge is 0.335 e. The minimum atomic E-state index is -1.05. The summed E-state index contributed by atoms with van der Waals surface area (Å²) >= 11 is 1.23. The van der Waals surface area contributed by atoms with E-state index in [9.17, 15) is 9.59 Å². The van der Waals surface area contributed by atoms with Crippen LogP contribution in [0.5, 0.6) is 5.75 Å². The van der Waals surface area contributed by atoms with Crippen LogP contribution in [0.15, 0.2) is 84.5 Å². The molecule has 0 unspecified atom stereocenters. The van der Waals surface area contributed by atoms with Crippen LogP contribution in [0.2, 0.25) is 0 Å². The lowest BCUT2D eigenvalue weighted by molar-refractivity contribution is -0.113. The Morgan fingerprint density at radius 1 is 1.09 bits per heavy atom. The van der Waals surface area contributed by atoms with Crippen molar-refractivity contribution < 1.29 is 19.4 Å². The number of aromatic carboxylic acids is 1. The SMILES string of the molecule is C=CCn1c(COc2cccc3ccccc23)nnc1SCC(=O)Nc1cccc(C(=O)O)c1. The van der Waals surface area contributed by atoms with E-state index in [1.54, 1.807) is 18.2 Å². The predicted molar refractivity (Wildman–Crippen MR) is 131 cm³/mol. The summed E-state index contributed by atoms with van der Waals surface area (Å²) in [7, 11) is 0. The third-order valence-electron chi connectivity index (χ3n) is 4.94. The number of carboxylic acids is 1. The molecule has 0 radical (unpaired) electrons. The molecule has 3 aromatic carbocycles. The van der Waals surface area contributed by atoms with Gasteiger partial charge in [0.2, 0.25) is 5.91 Å². The first-order valence-electron chi connectivity index (χ1n) is 10.4. The monoisotopic (exact) mass is 474 g/mol. The minimum Gasteiger partial charge on any atom is -0.485 e. The van der Waals surface area contributed by atoms with Crippen molar-refractivity contribution in [1.29, 1.82) is 0 Å². The molecule has 0 bridgehead atoms. The van der Waals surface area contributed by atoms with E-state index in [0.717, 1.165) is 16.5 Å². The topological polar surface area (TPSA) is 106 Å². The molecule has 4 rings (SSSR count). The van der Waals surface area contributed by atoms with Crippen LogP contribution < -0.4 is 10.1 Å². The molecule has 0 saturated carbocycles. The number of carboxylic acid groups (broad SMARTS) is 1. The number of hydrogen-bond donors (Lipinski definition) is 2.